The molecule has 0 fully saturated rings. The molecule has 0 spiro atoms. The number of hydrogen-bond donors (Lipinski definition) is 0. The van der Waals surface area contributed by atoms with Crippen LogP contribution in [0.3, 0.4) is 0 Å². The second-order valence-electron chi connectivity index (χ2n) is 7.21. The molecule has 0 amide bonds. The van der Waals surface area contributed by atoms with Crippen LogP contribution >= 0.6 is 11.3 Å². The van der Waals surface area contributed by atoms with Crippen LogP contribution in [0.2, 0.25) is 0 Å². The first kappa shape index (κ1) is 21.8. The van der Waals surface area contributed by atoms with E-state index in [0.717, 1.165) is 34.1 Å². The molecule has 3 aromatic heterocycles. The monoisotopic (exact) mass is 488 g/mol. The Hall–Kier alpha value is -4.06. The van der Waals surface area contributed by atoms with Crippen LogP contribution in [0.15, 0.2) is 74.1 Å². The molecular formula is C22H12F4N4O3S. The standard InChI is InChI=1S/C22H12F4N4O3S/c23-14-2-1-3-15(10-14)30-20(31)18-16(8-9-34-18)29(21(30)32)11-17-27-19(28-33-17)12-4-6-13(7-5-12)22(24,25)26/h1-10H,11H2. The molecule has 0 aliphatic carbocycles. The van der Waals surface area contributed by atoms with Gasteiger partial charge in [-0.25, -0.2) is 13.8 Å². The second-order valence-corrected chi connectivity index (χ2v) is 8.13. The smallest absolute Gasteiger partial charge is 0.337 e. The summed E-state index contributed by atoms with van der Waals surface area (Å²) in [4.78, 5) is 30.3. The van der Waals surface area contributed by atoms with Crippen LogP contribution in [0.1, 0.15) is 11.5 Å². The zero-order chi connectivity index (χ0) is 24.0. The van der Waals surface area contributed by atoms with E-state index in [1.54, 1.807) is 11.4 Å². The highest BCUT2D eigenvalue weighted by molar-refractivity contribution is 7.17. The van der Waals surface area contributed by atoms with Crippen LogP contribution < -0.4 is 11.2 Å². The summed E-state index contributed by atoms with van der Waals surface area (Å²) < 4.78 is 59.7. The van der Waals surface area contributed by atoms with Gasteiger partial charge >= 0.3 is 11.9 Å². The van der Waals surface area contributed by atoms with Gasteiger partial charge in [-0.15, -0.1) is 11.3 Å². The van der Waals surface area contributed by atoms with Crippen LogP contribution in [0.5, 0.6) is 0 Å². The topological polar surface area (TPSA) is 82.9 Å². The average Bonchev–Trinajstić information content (AvgIpc) is 3.46. The Morgan fingerprint density at radius 1 is 1.03 bits per heavy atom. The van der Waals surface area contributed by atoms with E-state index in [-0.39, 0.29) is 28.6 Å². The van der Waals surface area contributed by atoms with E-state index in [1.165, 1.54) is 34.9 Å². The molecule has 0 N–H and O–H groups in total. The first-order valence-electron chi connectivity index (χ1n) is 9.71. The molecule has 7 nitrogen and oxygen atoms in total. The van der Waals surface area contributed by atoms with Crippen molar-refractivity contribution in [1.82, 2.24) is 19.3 Å². The van der Waals surface area contributed by atoms with Crippen molar-refractivity contribution < 1.29 is 22.1 Å². The van der Waals surface area contributed by atoms with Crippen LogP contribution in [0.4, 0.5) is 17.6 Å². The van der Waals surface area contributed by atoms with Gasteiger partial charge in [-0.05, 0) is 41.8 Å². The quantitative estimate of drug-likeness (QED) is 0.349. The predicted molar refractivity (Wildman–Crippen MR) is 115 cm³/mol. The fourth-order valence-corrected chi connectivity index (χ4v) is 4.29. The number of benzene rings is 2. The molecule has 12 heteroatoms. The van der Waals surface area contributed by atoms with Gasteiger partial charge in [0.05, 0.1) is 16.8 Å². The Bertz CT molecular complexity index is 1630. The summed E-state index contributed by atoms with van der Waals surface area (Å²) in [5, 5.41) is 5.42. The lowest BCUT2D eigenvalue weighted by Crippen LogP contribution is -2.38. The van der Waals surface area contributed by atoms with Crippen molar-refractivity contribution in [2.75, 3.05) is 0 Å². The molecule has 5 rings (SSSR count). The van der Waals surface area contributed by atoms with Gasteiger partial charge in [0.2, 0.25) is 11.7 Å². The molecule has 34 heavy (non-hydrogen) atoms. The van der Waals surface area contributed by atoms with Crippen LogP contribution in [0.25, 0.3) is 27.3 Å². The van der Waals surface area contributed by atoms with Gasteiger partial charge in [-0.3, -0.25) is 9.36 Å². The number of hydrogen-bond acceptors (Lipinski definition) is 6. The lowest BCUT2D eigenvalue weighted by Gasteiger charge is -2.10. The molecule has 2 aromatic carbocycles. The summed E-state index contributed by atoms with van der Waals surface area (Å²) in [6, 6.07) is 10.9. The van der Waals surface area contributed by atoms with Crippen molar-refractivity contribution >= 4 is 21.6 Å². The van der Waals surface area contributed by atoms with Crippen molar-refractivity contribution in [2.24, 2.45) is 0 Å². The third-order valence-corrected chi connectivity index (χ3v) is 5.94. The molecule has 0 atom stereocenters. The minimum absolute atomic E-state index is 0.00561. The fourth-order valence-electron chi connectivity index (χ4n) is 3.46. The maximum atomic E-state index is 13.8. The molecule has 0 saturated heterocycles. The SMILES string of the molecule is O=c1c2sccc2n(Cc2nc(-c3ccc(C(F)(F)F)cc3)no2)c(=O)n1-c1cccc(F)c1. The third kappa shape index (κ3) is 3.81. The highest BCUT2D eigenvalue weighted by Crippen LogP contribution is 2.30. The van der Waals surface area contributed by atoms with Crippen molar-refractivity contribution in [3.8, 4) is 17.1 Å². The van der Waals surface area contributed by atoms with Crippen molar-refractivity contribution in [3.05, 3.63) is 98.1 Å². The van der Waals surface area contributed by atoms with Gasteiger partial charge in [0.25, 0.3) is 5.56 Å². The van der Waals surface area contributed by atoms with E-state index in [2.05, 4.69) is 10.1 Å². The van der Waals surface area contributed by atoms with Gasteiger partial charge < -0.3 is 4.52 Å². The summed E-state index contributed by atoms with van der Waals surface area (Å²) in [6.45, 7) is -0.213. The Balaban J connectivity index is 1.56. The predicted octanol–water partition coefficient (Wildman–Crippen LogP) is 4.47. The molecule has 0 unspecified atom stereocenters. The lowest BCUT2D eigenvalue weighted by atomic mass is 10.1. The van der Waals surface area contributed by atoms with Gasteiger partial charge in [0, 0.05) is 5.56 Å². The zero-order valence-electron chi connectivity index (χ0n) is 16.9. The molecule has 0 aliphatic heterocycles. The van der Waals surface area contributed by atoms with Gasteiger partial charge in [-0.1, -0.05) is 23.4 Å². The fraction of sp³-hybridized carbons (Fsp3) is 0.0909. The second kappa shape index (κ2) is 8.06. The summed E-state index contributed by atoms with van der Waals surface area (Å²) in [5.74, 6) is -0.578. The average molecular weight is 488 g/mol. The first-order chi connectivity index (χ1) is 16.2. The van der Waals surface area contributed by atoms with Crippen molar-refractivity contribution in [1.29, 1.82) is 0 Å². The van der Waals surface area contributed by atoms with E-state index in [1.807, 2.05) is 0 Å². The molecule has 172 valence electrons. The Labute approximate surface area is 191 Å². The number of halogens is 4. The van der Waals surface area contributed by atoms with E-state index in [0.29, 0.717) is 11.1 Å². The van der Waals surface area contributed by atoms with E-state index >= 15 is 0 Å². The molecule has 0 bridgehead atoms. The highest BCUT2D eigenvalue weighted by atomic mass is 32.1. The minimum Gasteiger partial charge on any atom is -0.337 e. The van der Waals surface area contributed by atoms with Gasteiger partial charge in [-0.2, -0.15) is 18.2 Å². The summed E-state index contributed by atoms with van der Waals surface area (Å²) in [5.41, 5.74) is -1.45. The Kier molecular flexibility index (Phi) is 5.16. The number of aromatic nitrogens is 4. The number of fused-ring (bicyclic) bond motifs is 1. The molecule has 0 saturated carbocycles. The Morgan fingerprint density at radius 2 is 1.79 bits per heavy atom. The first-order valence-corrected chi connectivity index (χ1v) is 10.6. The van der Waals surface area contributed by atoms with Crippen LogP contribution in [-0.4, -0.2) is 19.3 Å². The summed E-state index contributed by atoms with van der Waals surface area (Å²) in [6.07, 6.45) is -4.47. The highest BCUT2D eigenvalue weighted by Gasteiger charge is 2.30. The maximum absolute atomic E-state index is 13.8. The summed E-state index contributed by atoms with van der Waals surface area (Å²) >= 11 is 1.12. The number of nitrogens with zero attached hydrogens (tertiary/aromatic N) is 4. The third-order valence-electron chi connectivity index (χ3n) is 5.05. The number of rotatable bonds is 4. The number of alkyl halides is 3. The Morgan fingerprint density at radius 3 is 2.50 bits per heavy atom. The van der Waals surface area contributed by atoms with E-state index in [9.17, 15) is 27.2 Å². The molecule has 0 aliphatic rings. The molecule has 0 radical (unpaired) electrons. The minimum atomic E-state index is -4.47. The number of thiophene rings is 1. The summed E-state index contributed by atoms with van der Waals surface area (Å²) in [7, 11) is 0. The normalized spacial score (nSPS) is 11.9. The molecule has 5 aromatic rings. The van der Waals surface area contributed by atoms with E-state index in [4.69, 9.17) is 4.52 Å². The largest absolute Gasteiger partial charge is 0.416 e. The molecule has 3 heterocycles. The van der Waals surface area contributed by atoms with Crippen LogP contribution in [-0.2, 0) is 12.7 Å². The zero-order valence-corrected chi connectivity index (χ0v) is 17.7. The van der Waals surface area contributed by atoms with E-state index < -0.39 is 28.8 Å². The van der Waals surface area contributed by atoms with Crippen molar-refractivity contribution in [2.45, 2.75) is 12.7 Å². The lowest BCUT2D eigenvalue weighted by molar-refractivity contribution is -0.137. The molecular weight excluding hydrogens is 476 g/mol. The van der Waals surface area contributed by atoms with Crippen LogP contribution in [0, 0.1) is 5.82 Å². The maximum Gasteiger partial charge on any atom is 0.416 e. The van der Waals surface area contributed by atoms with Crippen molar-refractivity contribution in [3.63, 3.8) is 0 Å². The van der Waals surface area contributed by atoms with Gasteiger partial charge in [0.1, 0.15) is 17.1 Å². The van der Waals surface area contributed by atoms with Gasteiger partial charge in [0.15, 0.2) is 0 Å².